The Morgan fingerprint density at radius 1 is 1.00 bits per heavy atom. The molecular weight excluding hydrogens is 396 g/mol. The zero-order valence-corrected chi connectivity index (χ0v) is 18.9. The predicted octanol–water partition coefficient (Wildman–Crippen LogP) is 2.13. The first-order valence-corrected chi connectivity index (χ1v) is 12.0. The maximum atomic E-state index is 13.4. The summed E-state index contributed by atoms with van der Waals surface area (Å²) in [5.41, 5.74) is -0.902. The largest absolute Gasteiger partial charge is 0.342 e. The first kappa shape index (κ1) is 22.1. The number of nitrogens with one attached hydrogen (secondary N) is 1. The predicted molar refractivity (Wildman–Crippen MR) is 115 cm³/mol. The van der Waals surface area contributed by atoms with Gasteiger partial charge < -0.3 is 15.1 Å². The molecule has 3 aliphatic heterocycles. The lowest BCUT2D eigenvalue weighted by Crippen LogP contribution is -2.57. The summed E-state index contributed by atoms with van der Waals surface area (Å²) in [5, 5.41) is 2.95. The van der Waals surface area contributed by atoms with Gasteiger partial charge in [-0.3, -0.25) is 19.3 Å². The Kier molecular flexibility index (Phi) is 6.26. The third kappa shape index (κ3) is 4.30. The summed E-state index contributed by atoms with van der Waals surface area (Å²) in [6.45, 7) is 5.86. The molecule has 0 aromatic carbocycles. The molecule has 0 unspecified atom stereocenters. The van der Waals surface area contributed by atoms with Crippen molar-refractivity contribution in [3.63, 3.8) is 0 Å². The molecule has 1 aliphatic carbocycles. The number of urea groups is 1. The van der Waals surface area contributed by atoms with Crippen LogP contribution in [0.1, 0.15) is 71.6 Å². The SMILES string of the molecule is CC(C)C(=O)N1CCC2(CC1)NC(=O)N([C@H]1CCCN(C(=O)CC3CCCC3)C1)C2=O. The molecular formula is C23H36N4O4. The van der Waals surface area contributed by atoms with Crippen molar-refractivity contribution in [2.45, 2.75) is 83.2 Å². The Hall–Kier alpha value is -2.12. The maximum absolute atomic E-state index is 13.4. The lowest BCUT2D eigenvalue weighted by molar-refractivity contribution is -0.142. The van der Waals surface area contributed by atoms with E-state index in [4.69, 9.17) is 0 Å². The molecule has 8 nitrogen and oxygen atoms in total. The van der Waals surface area contributed by atoms with Crippen LogP contribution in [0.25, 0.3) is 0 Å². The van der Waals surface area contributed by atoms with E-state index in [0.717, 1.165) is 25.7 Å². The van der Waals surface area contributed by atoms with Crippen LogP contribution in [0.4, 0.5) is 4.79 Å². The monoisotopic (exact) mass is 432 g/mol. The van der Waals surface area contributed by atoms with Gasteiger partial charge in [0.25, 0.3) is 5.91 Å². The molecule has 5 amide bonds. The third-order valence-electron chi connectivity index (χ3n) is 7.67. The van der Waals surface area contributed by atoms with E-state index >= 15 is 0 Å². The van der Waals surface area contributed by atoms with E-state index in [0.29, 0.717) is 51.4 Å². The Morgan fingerprint density at radius 3 is 2.32 bits per heavy atom. The van der Waals surface area contributed by atoms with E-state index in [2.05, 4.69) is 5.32 Å². The van der Waals surface area contributed by atoms with E-state index in [-0.39, 0.29) is 35.7 Å². The summed E-state index contributed by atoms with van der Waals surface area (Å²) >= 11 is 0. The lowest BCUT2D eigenvalue weighted by Gasteiger charge is -2.39. The fourth-order valence-electron chi connectivity index (χ4n) is 5.77. The highest BCUT2D eigenvalue weighted by Crippen LogP contribution is 2.33. The quantitative estimate of drug-likeness (QED) is 0.689. The molecule has 4 fully saturated rings. The van der Waals surface area contributed by atoms with Crippen molar-refractivity contribution >= 4 is 23.8 Å². The minimum Gasteiger partial charge on any atom is -0.342 e. The highest BCUT2D eigenvalue weighted by molar-refractivity contribution is 6.07. The Morgan fingerprint density at radius 2 is 1.68 bits per heavy atom. The van der Waals surface area contributed by atoms with Gasteiger partial charge in [0.2, 0.25) is 11.8 Å². The van der Waals surface area contributed by atoms with Gasteiger partial charge in [-0.2, -0.15) is 0 Å². The molecule has 0 aromatic rings. The molecule has 4 rings (SSSR count). The normalized spacial score (nSPS) is 26.8. The Bertz CT molecular complexity index is 738. The second-order valence-corrected chi connectivity index (χ2v) is 10.2. The number of carbonyl (C=O) groups is 4. The number of hydrogen-bond acceptors (Lipinski definition) is 4. The number of piperidine rings is 2. The molecule has 172 valence electrons. The molecule has 8 heteroatoms. The Labute approximate surface area is 184 Å². The van der Waals surface area contributed by atoms with Gasteiger partial charge in [0.15, 0.2) is 0 Å². The number of nitrogens with zero attached hydrogens (tertiary/aromatic N) is 3. The van der Waals surface area contributed by atoms with Crippen LogP contribution in [0.5, 0.6) is 0 Å². The number of imide groups is 1. The van der Waals surface area contributed by atoms with Crippen LogP contribution < -0.4 is 5.32 Å². The minimum absolute atomic E-state index is 0.0746. The third-order valence-corrected chi connectivity index (χ3v) is 7.67. The number of hydrogen-bond donors (Lipinski definition) is 1. The molecule has 1 N–H and O–H groups in total. The minimum atomic E-state index is -0.902. The van der Waals surface area contributed by atoms with Crippen LogP contribution in [0.15, 0.2) is 0 Å². The average molecular weight is 433 g/mol. The molecule has 3 saturated heterocycles. The van der Waals surface area contributed by atoms with E-state index in [1.807, 2.05) is 18.7 Å². The number of carbonyl (C=O) groups excluding carboxylic acids is 4. The molecule has 31 heavy (non-hydrogen) atoms. The maximum Gasteiger partial charge on any atom is 0.325 e. The second kappa shape index (κ2) is 8.79. The van der Waals surface area contributed by atoms with E-state index < -0.39 is 5.54 Å². The highest BCUT2D eigenvalue weighted by Gasteiger charge is 2.55. The van der Waals surface area contributed by atoms with Crippen molar-refractivity contribution in [1.29, 1.82) is 0 Å². The van der Waals surface area contributed by atoms with Crippen molar-refractivity contribution in [2.75, 3.05) is 26.2 Å². The van der Waals surface area contributed by atoms with Crippen LogP contribution in [0, 0.1) is 11.8 Å². The number of rotatable bonds is 4. The van der Waals surface area contributed by atoms with Crippen molar-refractivity contribution in [3.05, 3.63) is 0 Å². The van der Waals surface area contributed by atoms with E-state index in [9.17, 15) is 19.2 Å². The van der Waals surface area contributed by atoms with Gasteiger partial charge in [-0.1, -0.05) is 26.7 Å². The summed E-state index contributed by atoms with van der Waals surface area (Å²) in [4.78, 5) is 56.4. The van der Waals surface area contributed by atoms with Crippen molar-refractivity contribution in [3.8, 4) is 0 Å². The molecule has 0 radical (unpaired) electrons. The summed E-state index contributed by atoms with van der Waals surface area (Å²) in [5.74, 6) is 0.497. The lowest BCUT2D eigenvalue weighted by atomic mass is 9.86. The van der Waals surface area contributed by atoms with Gasteiger partial charge in [0, 0.05) is 38.5 Å². The van der Waals surface area contributed by atoms with E-state index in [1.165, 1.54) is 17.7 Å². The first-order valence-electron chi connectivity index (χ1n) is 12.0. The number of amides is 5. The van der Waals surface area contributed by atoms with Gasteiger partial charge in [-0.25, -0.2) is 4.79 Å². The van der Waals surface area contributed by atoms with Gasteiger partial charge in [-0.05, 0) is 44.4 Å². The standard InChI is InChI=1S/C23H36N4O4/c1-16(2)20(29)25-12-9-23(10-13-25)21(30)27(22(31)24-23)18-8-5-11-26(15-18)19(28)14-17-6-3-4-7-17/h16-18H,3-15H2,1-2H3,(H,24,31)/t18-/m0/s1. The first-order chi connectivity index (χ1) is 14.8. The van der Waals surface area contributed by atoms with Crippen molar-refractivity contribution in [1.82, 2.24) is 20.0 Å². The zero-order chi connectivity index (χ0) is 22.2. The number of likely N-dealkylation sites (tertiary alicyclic amines) is 2. The molecule has 1 saturated carbocycles. The molecule has 0 aromatic heterocycles. The van der Waals surface area contributed by atoms with Gasteiger partial charge in [0.05, 0.1) is 6.04 Å². The topological polar surface area (TPSA) is 90.0 Å². The fourth-order valence-corrected chi connectivity index (χ4v) is 5.77. The average Bonchev–Trinajstić information content (AvgIpc) is 3.34. The van der Waals surface area contributed by atoms with Crippen LogP contribution in [-0.2, 0) is 14.4 Å². The summed E-state index contributed by atoms with van der Waals surface area (Å²) in [6.07, 6.45) is 7.73. The van der Waals surface area contributed by atoms with Crippen LogP contribution in [-0.4, -0.2) is 76.2 Å². The van der Waals surface area contributed by atoms with Crippen LogP contribution in [0.3, 0.4) is 0 Å². The molecule has 4 aliphatic rings. The van der Waals surface area contributed by atoms with E-state index in [1.54, 1.807) is 4.90 Å². The summed E-state index contributed by atoms with van der Waals surface area (Å²) < 4.78 is 0. The van der Waals surface area contributed by atoms with Gasteiger partial charge in [0.1, 0.15) is 5.54 Å². The summed E-state index contributed by atoms with van der Waals surface area (Å²) in [7, 11) is 0. The zero-order valence-electron chi connectivity index (χ0n) is 18.9. The van der Waals surface area contributed by atoms with Crippen molar-refractivity contribution < 1.29 is 19.2 Å². The van der Waals surface area contributed by atoms with Crippen LogP contribution in [0.2, 0.25) is 0 Å². The van der Waals surface area contributed by atoms with Gasteiger partial charge >= 0.3 is 6.03 Å². The van der Waals surface area contributed by atoms with Gasteiger partial charge in [-0.15, -0.1) is 0 Å². The Balaban J connectivity index is 1.38. The molecule has 1 atom stereocenters. The van der Waals surface area contributed by atoms with Crippen molar-refractivity contribution in [2.24, 2.45) is 11.8 Å². The highest BCUT2D eigenvalue weighted by atomic mass is 16.2. The molecule has 0 bridgehead atoms. The fraction of sp³-hybridized carbons (Fsp3) is 0.826. The van der Waals surface area contributed by atoms with Crippen LogP contribution >= 0.6 is 0 Å². The molecule has 3 heterocycles. The molecule has 1 spiro atoms. The second-order valence-electron chi connectivity index (χ2n) is 10.2. The summed E-state index contributed by atoms with van der Waals surface area (Å²) in [6, 6.07) is -0.604. The smallest absolute Gasteiger partial charge is 0.325 e.